The molecule has 0 fully saturated rings. The maximum atomic E-state index is 5.94. The van der Waals surface area contributed by atoms with Crippen LogP contribution in [0.25, 0.3) is 45.8 Å². The van der Waals surface area contributed by atoms with Crippen molar-refractivity contribution in [3.63, 3.8) is 0 Å². The van der Waals surface area contributed by atoms with Crippen LogP contribution in [0.4, 0.5) is 0 Å². The molecule has 4 nitrogen and oxygen atoms in total. The summed E-state index contributed by atoms with van der Waals surface area (Å²) < 4.78 is 2.35. The van der Waals surface area contributed by atoms with Gasteiger partial charge in [-0.2, -0.15) is 0 Å². The molecule has 6 N–H and O–H groups in total. The Hall–Kier alpha value is -6.00. The van der Waals surface area contributed by atoms with Crippen molar-refractivity contribution in [3.05, 3.63) is 192 Å². The molecule has 4 aromatic rings. The van der Waals surface area contributed by atoms with Crippen molar-refractivity contribution in [1.29, 1.82) is 0 Å². The van der Waals surface area contributed by atoms with Gasteiger partial charge in [-0.05, 0) is 132 Å². The van der Waals surface area contributed by atoms with Crippen molar-refractivity contribution in [3.8, 4) is 28.1 Å². The van der Waals surface area contributed by atoms with E-state index in [2.05, 4.69) is 117 Å². The second kappa shape index (κ2) is 17.2. The van der Waals surface area contributed by atoms with E-state index >= 15 is 0 Å². The lowest BCUT2D eigenvalue weighted by Crippen LogP contribution is -2.01. The predicted octanol–water partition coefficient (Wildman–Crippen LogP) is 10.7. The van der Waals surface area contributed by atoms with Gasteiger partial charge in [-0.15, -0.1) is 0 Å². The Labute approximate surface area is 292 Å². The molecule has 0 saturated carbocycles. The predicted molar refractivity (Wildman–Crippen MR) is 214 cm³/mol. The SMILES string of the molecule is C=C/C(=C\c1c(C)c(C)c(-c2ccc(-c3cccc(C(/C=C\N)=C/C)c3)cc2C=C)n1-c1ccccc1)C\C=C/C(=C\N)C(/C=C\C)=C/N. The Bertz CT molecular complexity index is 2020. The number of hydrogen-bond donors (Lipinski definition) is 3. The summed E-state index contributed by atoms with van der Waals surface area (Å²) in [6.07, 6.45) is 23.4. The lowest BCUT2D eigenvalue weighted by molar-refractivity contribution is 1.06. The summed E-state index contributed by atoms with van der Waals surface area (Å²) in [6.45, 7) is 16.8. The molecule has 0 aliphatic rings. The van der Waals surface area contributed by atoms with Crippen LogP contribution in [0.1, 0.15) is 48.2 Å². The number of aromatic nitrogens is 1. The Kier molecular flexibility index (Phi) is 12.6. The number of benzene rings is 3. The highest BCUT2D eigenvalue weighted by Gasteiger charge is 2.21. The van der Waals surface area contributed by atoms with Gasteiger partial charge in [0.05, 0.1) is 5.69 Å². The number of rotatable bonds is 13. The zero-order valence-electron chi connectivity index (χ0n) is 29.2. The third-order valence-electron chi connectivity index (χ3n) is 8.70. The second-order valence-electron chi connectivity index (χ2n) is 11.6. The Morgan fingerprint density at radius 1 is 0.776 bits per heavy atom. The molecule has 0 atom stereocenters. The molecule has 0 aliphatic carbocycles. The average molecular weight is 645 g/mol. The zero-order valence-corrected chi connectivity index (χ0v) is 29.2. The first-order valence-electron chi connectivity index (χ1n) is 16.5. The summed E-state index contributed by atoms with van der Waals surface area (Å²) in [7, 11) is 0. The minimum atomic E-state index is 0.671. The largest absolute Gasteiger partial charge is 0.405 e. The first-order chi connectivity index (χ1) is 23.8. The normalized spacial score (nSPS) is 13.2. The van der Waals surface area contributed by atoms with E-state index in [4.69, 9.17) is 17.2 Å². The summed E-state index contributed by atoms with van der Waals surface area (Å²) in [5, 5.41) is 0. The fourth-order valence-electron chi connectivity index (χ4n) is 6.01. The van der Waals surface area contributed by atoms with E-state index in [1.165, 1.54) is 11.1 Å². The van der Waals surface area contributed by atoms with Gasteiger partial charge in [-0.1, -0.05) is 104 Å². The van der Waals surface area contributed by atoms with Crippen LogP contribution in [0, 0.1) is 13.8 Å². The maximum absolute atomic E-state index is 5.94. The molecule has 0 aliphatic heterocycles. The fourth-order valence-corrected chi connectivity index (χ4v) is 6.01. The summed E-state index contributed by atoms with van der Waals surface area (Å²) >= 11 is 0. The number of hydrogen-bond acceptors (Lipinski definition) is 3. The molecule has 4 rings (SSSR count). The first kappa shape index (κ1) is 35.8. The second-order valence-corrected chi connectivity index (χ2v) is 11.6. The monoisotopic (exact) mass is 644 g/mol. The van der Waals surface area contributed by atoms with Crippen LogP contribution in [-0.4, -0.2) is 4.57 Å². The lowest BCUT2D eigenvalue weighted by atomic mass is 9.94. The molecule has 0 bridgehead atoms. The van der Waals surface area contributed by atoms with Crippen molar-refractivity contribution in [2.75, 3.05) is 0 Å². The molecular formula is C45H48N4. The van der Waals surface area contributed by atoms with Gasteiger partial charge in [-0.3, -0.25) is 0 Å². The lowest BCUT2D eigenvalue weighted by Gasteiger charge is -2.17. The van der Waals surface area contributed by atoms with Crippen LogP contribution in [0.2, 0.25) is 0 Å². The maximum Gasteiger partial charge on any atom is 0.0572 e. The molecular weight excluding hydrogens is 597 g/mol. The highest BCUT2D eigenvalue weighted by atomic mass is 15.0. The van der Waals surface area contributed by atoms with Gasteiger partial charge < -0.3 is 21.8 Å². The molecule has 0 amide bonds. The van der Waals surface area contributed by atoms with Crippen molar-refractivity contribution in [2.45, 2.75) is 34.1 Å². The van der Waals surface area contributed by atoms with Gasteiger partial charge in [-0.25, -0.2) is 0 Å². The highest BCUT2D eigenvalue weighted by Crippen LogP contribution is 2.39. The quantitative estimate of drug-likeness (QED) is 0.127. The average Bonchev–Trinajstić information content (AvgIpc) is 3.39. The standard InChI is InChI=1S/C45H48N4/c1-7-16-40(30-47)41(31-48)20-14-17-34(8-2)27-44-32(5)33(6)45(49(44)42-21-12-11-13-22-42)43-24-23-39(28-36(43)10-4)38-19-15-18-37(29-38)35(9-3)25-26-46/h7-16,18-31H,2,4,17,46-48H2,1,3,5-6H3/b16-7-,20-14-,26-25-,34-27+,35-9+,40-30+,41-31+. The molecule has 0 unspecified atom stereocenters. The van der Waals surface area contributed by atoms with E-state index in [0.717, 1.165) is 67.2 Å². The van der Waals surface area contributed by atoms with Gasteiger partial charge in [0.2, 0.25) is 0 Å². The fraction of sp³-hybridized carbons (Fsp3) is 0.111. The van der Waals surface area contributed by atoms with Gasteiger partial charge in [0.1, 0.15) is 0 Å². The molecule has 1 aromatic heterocycles. The van der Waals surface area contributed by atoms with Crippen LogP contribution < -0.4 is 17.2 Å². The molecule has 3 aromatic carbocycles. The van der Waals surface area contributed by atoms with Gasteiger partial charge in [0.15, 0.2) is 0 Å². The van der Waals surface area contributed by atoms with Gasteiger partial charge >= 0.3 is 0 Å². The third-order valence-corrected chi connectivity index (χ3v) is 8.70. The van der Waals surface area contributed by atoms with Crippen molar-refractivity contribution >= 4 is 17.7 Å². The van der Waals surface area contributed by atoms with Crippen molar-refractivity contribution < 1.29 is 0 Å². The van der Waals surface area contributed by atoms with E-state index in [1.807, 2.05) is 56.4 Å². The number of nitrogens with zero attached hydrogens (tertiary/aromatic N) is 1. The van der Waals surface area contributed by atoms with E-state index in [-0.39, 0.29) is 0 Å². The minimum Gasteiger partial charge on any atom is -0.405 e. The molecule has 1 heterocycles. The van der Waals surface area contributed by atoms with Gasteiger partial charge in [0.25, 0.3) is 0 Å². The Morgan fingerprint density at radius 3 is 2.12 bits per heavy atom. The van der Waals surface area contributed by atoms with Crippen LogP contribution >= 0.6 is 0 Å². The Balaban J connectivity index is 1.85. The number of para-hydroxylation sites is 1. The van der Waals surface area contributed by atoms with E-state index in [0.29, 0.717) is 6.42 Å². The van der Waals surface area contributed by atoms with Crippen molar-refractivity contribution in [2.24, 2.45) is 17.2 Å². The smallest absolute Gasteiger partial charge is 0.0572 e. The molecule has 4 heteroatoms. The molecule has 0 spiro atoms. The number of allylic oxidation sites excluding steroid dienone is 11. The highest BCUT2D eigenvalue weighted by molar-refractivity contribution is 5.84. The van der Waals surface area contributed by atoms with Crippen LogP contribution in [0.5, 0.6) is 0 Å². The Morgan fingerprint density at radius 2 is 1.49 bits per heavy atom. The molecule has 0 radical (unpaired) electrons. The van der Waals surface area contributed by atoms with Gasteiger partial charge in [0, 0.05) is 29.3 Å². The summed E-state index contributed by atoms with van der Waals surface area (Å²) in [4.78, 5) is 0. The third kappa shape index (κ3) is 8.11. The van der Waals surface area contributed by atoms with E-state index < -0.39 is 0 Å². The molecule has 248 valence electrons. The summed E-state index contributed by atoms with van der Waals surface area (Å²) in [5.74, 6) is 0. The first-order valence-corrected chi connectivity index (χ1v) is 16.5. The molecule has 49 heavy (non-hydrogen) atoms. The van der Waals surface area contributed by atoms with Crippen molar-refractivity contribution in [1.82, 2.24) is 4.57 Å². The van der Waals surface area contributed by atoms with E-state index in [9.17, 15) is 0 Å². The molecule has 0 saturated heterocycles. The summed E-state index contributed by atoms with van der Waals surface area (Å²) in [5.41, 5.74) is 32.6. The van der Waals surface area contributed by atoms with E-state index in [1.54, 1.807) is 18.6 Å². The van der Waals surface area contributed by atoms with Crippen LogP contribution in [-0.2, 0) is 0 Å². The minimum absolute atomic E-state index is 0.671. The number of nitrogens with two attached hydrogens (primary N) is 3. The summed E-state index contributed by atoms with van der Waals surface area (Å²) in [6, 6.07) is 25.7. The van der Waals surface area contributed by atoms with Crippen LogP contribution in [0.3, 0.4) is 0 Å². The topological polar surface area (TPSA) is 83.0 Å². The van der Waals surface area contributed by atoms with Crippen LogP contribution in [0.15, 0.2) is 164 Å². The zero-order chi connectivity index (χ0) is 35.3.